The third-order valence-corrected chi connectivity index (χ3v) is 6.84. The van der Waals surface area contributed by atoms with Crippen LogP contribution in [-0.2, 0) is 6.54 Å². The molecule has 4 aromatic heterocycles. The molecule has 6 rings (SSSR count). The molecule has 8 nitrogen and oxygen atoms in total. The molecule has 0 saturated carbocycles. The number of rotatable bonds is 8. The van der Waals surface area contributed by atoms with Gasteiger partial charge in [0.1, 0.15) is 18.2 Å². The number of hydrogen-bond acceptors (Lipinski definition) is 6. The summed E-state index contributed by atoms with van der Waals surface area (Å²) in [7, 11) is 0. The van der Waals surface area contributed by atoms with Gasteiger partial charge in [0, 0.05) is 53.3 Å². The minimum absolute atomic E-state index is 0.280. The summed E-state index contributed by atoms with van der Waals surface area (Å²) in [4.78, 5) is 12.3. The third kappa shape index (κ3) is 5.07. The van der Waals surface area contributed by atoms with E-state index in [2.05, 4.69) is 79.2 Å². The first-order valence-electron chi connectivity index (χ1n) is 13.0. The zero-order valence-electron chi connectivity index (χ0n) is 21.8. The zero-order valence-corrected chi connectivity index (χ0v) is 21.8. The van der Waals surface area contributed by atoms with Crippen LogP contribution in [0.4, 0.5) is 0 Å². The lowest BCUT2D eigenvalue weighted by atomic mass is 10.00. The van der Waals surface area contributed by atoms with Crippen molar-refractivity contribution in [3.8, 4) is 33.6 Å². The van der Waals surface area contributed by atoms with Gasteiger partial charge < -0.3 is 14.7 Å². The smallest absolute Gasteiger partial charge is 0.163 e. The highest BCUT2D eigenvalue weighted by atomic mass is 16.3. The Hall–Kier alpha value is -4.66. The highest BCUT2D eigenvalue weighted by Crippen LogP contribution is 2.32. The van der Waals surface area contributed by atoms with E-state index in [0.29, 0.717) is 17.9 Å². The molecule has 6 aromatic rings. The number of benzene rings is 2. The van der Waals surface area contributed by atoms with E-state index >= 15 is 0 Å². The maximum absolute atomic E-state index is 10.8. The summed E-state index contributed by atoms with van der Waals surface area (Å²) in [5.74, 6) is 0.853. The Morgan fingerprint density at radius 1 is 0.897 bits per heavy atom. The topological polar surface area (TPSA) is 105 Å². The number of H-pyrrole nitrogens is 1. The predicted octanol–water partition coefficient (Wildman–Crippen LogP) is 5.91. The molecule has 0 aliphatic heterocycles. The van der Waals surface area contributed by atoms with Crippen molar-refractivity contribution >= 4 is 11.0 Å². The molecule has 39 heavy (non-hydrogen) atoms. The summed E-state index contributed by atoms with van der Waals surface area (Å²) in [6, 6.07) is 24.6. The molecule has 0 aliphatic rings. The van der Waals surface area contributed by atoms with Crippen LogP contribution >= 0.6 is 0 Å². The van der Waals surface area contributed by atoms with Crippen molar-refractivity contribution in [2.75, 3.05) is 0 Å². The van der Waals surface area contributed by atoms with E-state index in [1.807, 2.05) is 54.9 Å². The lowest BCUT2D eigenvalue weighted by Gasteiger charge is -2.11. The monoisotopic (exact) mass is 515 g/mol. The summed E-state index contributed by atoms with van der Waals surface area (Å²) in [5, 5.41) is 23.3. The maximum atomic E-state index is 10.8. The molecule has 0 bridgehead atoms. The second kappa shape index (κ2) is 10.6. The predicted molar refractivity (Wildman–Crippen MR) is 152 cm³/mol. The number of aromatic amines is 1. The standard InChI is InChI=1S/C31H29N7O/c1-20(2)38-19-35-37-30(38)23-10-8-22(9-11-23)24-14-25(18-32-17-24)26-12-13-33-29-27(26)15-28(36-29)31(39)34-16-21-6-4-3-5-7-21/h3-15,17-20,31,34,39H,16H2,1-2H3,(H,33,36). The van der Waals surface area contributed by atoms with E-state index in [1.54, 1.807) is 12.5 Å². The first kappa shape index (κ1) is 24.7. The van der Waals surface area contributed by atoms with Gasteiger partial charge in [0.05, 0.1) is 5.69 Å². The maximum Gasteiger partial charge on any atom is 0.163 e. The molecule has 0 spiro atoms. The van der Waals surface area contributed by atoms with E-state index < -0.39 is 6.23 Å². The molecule has 4 heterocycles. The summed E-state index contributed by atoms with van der Waals surface area (Å²) in [6.07, 6.45) is 6.41. The molecule has 1 atom stereocenters. The van der Waals surface area contributed by atoms with Gasteiger partial charge in [-0.05, 0) is 48.7 Å². The molecular weight excluding hydrogens is 486 g/mol. The van der Waals surface area contributed by atoms with Gasteiger partial charge in [-0.15, -0.1) is 10.2 Å². The molecule has 0 aliphatic carbocycles. The number of aromatic nitrogens is 6. The second-order valence-corrected chi connectivity index (χ2v) is 9.81. The summed E-state index contributed by atoms with van der Waals surface area (Å²) in [5.41, 5.74) is 7.53. The number of aliphatic hydroxyl groups is 1. The molecular formula is C31H29N7O. The molecule has 3 N–H and O–H groups in total. The number of pyridine rings is 2. The highest BCUT2D eigenvalue weighted by molar-refractivity contribution is 5.94. The molecule has 8 heteroatoms. The highest BCUT2D eigenvalue weighted by Gasteiger charge is 2.15. The molecule has 0 saturated heterocycles. The van der Waals surface area contributed by atoms with Gasteiger partial charge in [-0.3, -0.25) is 10.3 Å². The van der Waals surface area contributed by atoms with Crippen LogP contribution in [0.5, 0.6) is 0 Å². The summed E-state index contributed by atoms with van der Waals surface area (Å²) < 4.78 is 2.06. The van der Waals surface area contributed by atoms with Crippen molar-refractivity contribution in [1.29, 1.82) is 0 Å². The Labute approximate surface area is 226 Å². The molecule has 0 radical (unpaired) electrons. The van der Waals surface area contributed by atoms with Gasteiger partial charge in [0.2, 0.25) is 0 Å². The van der Waals surface area contributed by atoms with Gasteiger partial charge in [-0.2, -0.15) is 0 Å². The molecule has 194 valence electrons. The van der Waals surface area contributed by atoms with Crippen molar-refractivity contribution in [3.63, 3.8) is 0 Å². The molecule has 0 amide bonds. The van der Waals surface area contributed by atoms with Crippen molar-refractivity contribution in [3.05, 3.63) is 109 Å². The third-order valence-electron chi connectivity index (χ3n) is 6.84. The largest absolute Gasteiger partial charge is 0.373 e. The van der Waals surface area contributed by atoms with Crippen molar-refractivity contribution < 1.29 is 5.11 Å². The van der Waals surface area contributed by atoms with Crippen LogP contribution < -0.4 is 5.32 Å². The van der Waals surface area contributed by atoms with Crippen LogP contribution in [0.1, 0.15) is 37.4 Å². The van der Waals surface area contributed by atoms with Crippen LogP contribution in [-0.4, -0.2) is 34.8 Å². The quantitative estimate of drug-likeness (QED) is 0.218. The number of aliphatic hydroxyl groups excluding tert-OH is 1. The molecule has 0 fully saturated rings. The van der Waals surface area contributed by atoms with Crippen molar-refractivity contribution in [2.45, 2.75) is 32.7 Å². The van der Waals surface area contributed by atoms with Crippen LogP contribution in [0.15, 0.2) is 97.7 Å². The first-order chi connectivity index (χ1) is 19.1. The number of hydrogen-bond donors (Lipinski definition) is 3. The lowest BCUT2D eigenvalue weighted by molar-refractivity contribution is 0.133. The Balaban J connectivity index is 1.26. The average Bonchev–Trinajstić information content (AvgIpc) is 3.65. The summed E-state index contributed by atoms with van der Waals surface area (Å²) >= 11 is 0. The number of fused-ring (bicyclic) bond motifs is 1. The Morgan fingerprint density at radius 2 is 1.67 bits per heavy atom. The van der Waals surface area contributed by atoms with E-state index in [-0.39, 0.29) is 6.04 Å². The van der Waals surface area contributed by atoms with Gasteiger partial charge in [0.25, 0.3) is 0 Å². The Bertz CT molecular complexity index is 1700. The van der Waals surface area contributed by atoms with E-state index in [9.17, 15) is 5.11 Å². The van der Waals surface area contributed by atoms with Crippen LogP contribution in [0.2, 0.25) is 0 Å². The van der Waals surface area contributed by atoms with E-state index in [4.69, 9.17) is 0 Å². The SMILES string of the molecule is CC(C)n1cnnc1-c1ccc(-c2cncc(-c3ccnc4[nH]c(C(O)NCc5ccccc5)cc34)c2)cc1. The fraction of sp³-hybridized carbons (Fsp3) is 0.161. The average molecular weight is 516 g/mol. The minimum Gasteiger partial charge on any atom is -0.373 e. The van der Waals surface area contributed by atoms with E-state index in [0.717, 1.165) is 44.6 Å². The van der Waals surface area contributed by atoms with Gasteiger partial charge in [-0.25, -0.2) is 4.98 Å². The molecule has 2 aromatic carbocycles. The zero-order chi connectivity index (χ0) is 26.8. The normalized spacial score (nSPS) is 12.3. The van der Waals surface area contributed by atoms with Gasteiger partial charge in [0.15, 0.2) is 5.82 Å². The number of nitrogens with zero attached hydrogens (tertiary/aromatic N) is 5. The minimum atomic E-state index is -0.850. The van der Waals surface area contributed by atoms with Crippen LogP contribution in [0.3, 0.4) is 0 Å². The fourth-order valence-corrected chi connectivity index (χ4v) is 4.75. The van der Waals surface area contributed by atoms with Crippen LogP contribution in [0.25, 0.3) is 44.7 Å². The van der Waals surface area contributed by atoms with Crippen LogP contribution in [0, 0.1) is 0 Å². The molecule has 1 unspecified atom stereocenters. The fourth-order valence-electron chi connectivity index (χ4n) is 4.75. The van der Waals surface area contributed by atoms with Crippen molar-refractivity contribution in [1.82, 2.24) is 35.0 Å². The Morgan fingerprint density at radius 3 is 2.46 bits per heavy atom. The summed E-state index contributed by atoms with van der Waals surface area (Å²) in [6.45, 7) is 4.78. The van der Waals surface area contributed by atoms with Gasteiger partial charge >= 0.3 is 0 Å². The van der Waals surface area contributed by atoms with Crippen molar-refractivity contribution in [2.24, 2.45) is 0 Å². The van der Waals surface area contributed by atoms with E-state index in [1.165, 1.54) is 0 Å². The first-order valence-corrected chi connectivity index (χ1v) is 13.0. The number of nitrogens with one attached hydrogen (secondary N) is 2. The Kier molecular flexibility index (Phi) is 6.71. The second-order valence-electron chi connectivity index (χ2n) is 9.81. The lowest BCUT2D eigenvalue weighted by Crippen LogP contribution is -2.20. The van der Waals surface area contributed by atoms with Gasteiger partial charge in [-0.1, -0.05) is 54.6 Å².